The number of halogens is 3. The van der Waals surface area contributed by atoms with Gasteiger partial charge in [-0.15, -0.1) is 0 Å². The van der Waals surface area contributed by atoms with E-state index >= 15 is 0 Å². The molecule has 24 heteroatoms. The molecule has 4 rings (SSSR count). The molecule has 0 radical (unpaired) electrons. The van der Waals surface area contributed by atoms with Crippen LogP contribution in [0, 0.1) is 29.3 Å². The molecule has 1 saturated carbocycles. The highest BCUT2D eigenvalue weighted by Crippen LogP contribution is 2.29. The highest BCUT2D eigenvalue weighted by molar-refractivity contribution is 5.82. The van der Waals surface area contributed by atoms with Crippen molar-refractivity contribution in [2.24, 2.45) is 11.8 Å². The molecule has 1 fully saturated rings. The van der Waals surface area contributed by atoms with Gasteiger partial charge in [0.1, 0.15) is 0 Å². The second-order valence-electron chi connectivity index (χ2n) is 15.9. The molecule has 3 aromatic rings. The molecule has 67 heavy (non-hydrogen) atoms. The van der Waals surface area contributed by atoms with Crippen LogP contribution in [0.1, 0.15) is 129 Å². The minimum atomic E-state index is -1.47. The number of hydrogen-bond donors (Lipinski definition) is 3. The fraction of sp³-hybridized carbons (Fsp3) is 0.605. The van der Waals surface area contributed by atoms with Crippen LogP contribution >= 0.6 is 0 Å². The molecular formula is C43H62F3N9O12. The second kappa shape index (κ2) is 28.4. The number of hydrogen-bond acceptors (Lipinski definition) is 12. The van der Waals surface area contributed by atoms with E-state index in [1.54, 1.807) is 0 Å². The molecule has 3 amide bonds. The van der Waals surface area contributed by atoms with Crippen LogP contribution in [0.3, 0.4) is 0 Å². The molecule has 21 nitrogen and oxygen atoms in total. The molecule has 3 heterocycles. The summed E-state index contributed by atoms with van der Waals surface area (Å²) in [5, 5.41) is 7.47. The summed E-state index contributed by atoms with van der Waals surface area (Å²) in [5.74, 6) is -5.14. The van der Waals surface area contributed by atoms with E-state index < -0.39 is 87.2 Å². The number of carbonyl (C=O) groups is 5. The van der Waals surface area contributed by atoms with Gasteiger partial charge in [0.2, 0.25) is 23.4 Å². The topological polar surface area (TPSA) is 263 Å². The zero-order valence-electron chi connectivity index (χ0n) is 38.8. The van der Waals surface area contributed by atoms with Crippen LogP contribution in [0.15, 0.2) is 47.4 Å². The fourth-order valence-electron chi connectivity index (χ4n) is 5.98. The van der Waals surface area contributed by atoms with Crippen LogP contribution in [-0.4, -0.2) is 84.2 Å². The maximum absolute atomic E-state index is 13.7. The predicted molar refractivity (Wildman–Crippen MR) is 240 cm³/mol. The van der Waals surface area contributed by atoms with E-state index in [1.807, 2.05) is 6.92 Å². The van der Waals surface area contributed by atoms with Gasteiger partial charge in [-0.25, -0.2) is 47.3 Å². The molecule has 0 atom stereocenters. The maximum atomic E-state index is 13.7. The summed E-state index contributed by atoms with van der Waals surface area (Å²) >= 11 is 0. The van der Waals surface area contributed by atoms with E-state index in [0.29, 0.717) is 58.3 Å². The van der Waals surface area contributed by atoms with Crippen molar-refractivity contribution in [2.45, 2.75) is 131 Å². The first-order chi connectivity index (χ1) is 31.8. The van der Waals surface area contributed by atoms with E-state index in [4.69, 9.17) is 0 Å². The number of aromatic nitrogens is 6. The summed E-state index contributed by atoms with van der Waals surface area (Å²) in [4.78, 5) is 130. The van der Waals surface area contributed by atoms with Gasteiger partial charge in [-0.2, -0.15) is 22.3 Å². The average molecular weight is 954 g/mol. The lowest BCUT2D eigenvalue weighted by Crippen LogP contribution is -2.49. The molecule has 0 aromatic carbocycles. The Morgan fingerprint density at radius 1 is 0.567 bits per heavy atom. The molecule has 0 unspecified atom stereocenters. The number of unbranched alkanes of at least 4 members (excludes halogenated alkanes) is 9. The number of ether oxygens (including phenoxy) is 1. The van der Waals surface area contributed by atoms with Crippen molar-refractivity contribution < 1.29 is 41.9 Å². The van der Waals surface area contributed by atoms with Crippen LogP contribution in [-0.2, 0) is 11.3 Å². The van der Waals surface area contributed by atoms with Crippen LogP contribution in [0.4, 0.5) is 32.3 Å². The minimum Gasteiger partial charge on any atom is -0.452 e. The van der Waals surface area contributed by atoms with Gasteiger partial charge in [-0.1, -0.05) is 92.4 Å². The summed E-state index contributed by atoms with van der Waals surface area (Å²) < 4.78 is 47.3. The third-order valence-electron chi connectivity index (χ3n) is 10.0. The lowest BCUT2D eigenvalue weighted by atomic mass is 10.2. The largest absolute Gasteiger partial charge is 0.452 e. The Balaban J connectivity index is 0.000000345. The molecule has 0 aliphatic heterocycles. The van der Waals surface area contributed by atoms with Crippen molar-refractivity contribution in [1.82, 2.24) is 43.4 Å². The van der Waals surface area contributed by atoms with Crippen molar-refractivity contribution in [3.05, 3.63) is 98.6 Å². The van der Waals surface area contributed by atoms with Crippen molar-refractivity contribution in [3.63, 3.8) is 0 Å². The monoisotopic (exact) mass is 953 g/mol. The molecule has 1 aliphatic rings. The van der Waals surface area contributed by atoms with Crippen LogP contribution in [0.25, 0.3) is 0 Å². The summed E-state index contributed by atoms with van der Waals surface area (Å²) in [6.45, 7) is 10.3. The average Bonchev–Trinajstić information content (AvgIpc) is 4.13. The number of nitrogens with zero attached hydrogens (tertiary/aromatic N) is 6. The lowest BCUT2D eigenvalue weighted by molar-refractivity contribution is 0.0841. The van der Waals surface area contributed by atoms with E-state index in [1.165, 1.54) is 13.8 Å². The third kappa shape index (κ3) is 17.0. The summed E-state index contributed by atoms with van der Waals surface area (Å²) in [5.41, 5.74) is -7.00. The number of carbonyl (C=O) groups excluding carboxylic acids is 5. The molecule has 0 saturated heterocycles. The van der Waals surface area contributed by atoms with Crippen molar-refractivity contribution in [1.29, 1.82) is 0 Å². The Morgan fingerprint density at radius 3 is 1.28 bits per heavy atom. The molecular weight excluding hydrogens is 892 g/mol. The zero-order valence-corrected chi connectivity index (χ0v) is 38.8. The van der Waals surface area contributed by atoms with Gasteiger partial charge < -0.3 is 20.7 Å². The van der Waals surface area contributed by atoms with Gasteiger partial charge in [0.05, 0.1) is 25.7 Å². The SMILES string of the molecule is CCCCCCNC(=O)n1cc(F)c(=O)n(C(=O)C(C)C)c1=O.CCCCCCNC(=O)n1cc(F)c(=O)n(C(=O)OC)c1=O.CCCCCCNC(=O)n1cc(F)c(=O)n(CC2CC2)c1=O. The Labute approximate surface area is 382 Å². The van der Waals surface area contributed by atoms with Gasteiger partial charge in [-0.3, -0.25) is 23.7 Å². The number of amides is 3. The molecule has 372 valence electrons. The van der Waals surface area contributed by atoms with Crippen molar-refractivity contribution in [2.75, 3.05) is 26.7 Å². The normalized spacial score (nSPS) is 11.7. The van der Waals surface area contributed by atoms with E-state index in [9.17, 15) is 65.9 Å². The quantitative estimate of drug-likeness (QED) is 0.152. The molecule has 3 aromatic heterocycles. The molecule has 1 aliphatic carbocycles. The zero-order chi connectivity index (χ0) is 50.4. The smallest absolute Gasteiger partial charge is 0.425 e. The molecule has 0 spiro atoms. The van der Waals surface area contributed by atoms with Crippen molar-refractivity contribution in [3.8, 4) is 0 Å². The Bertz CT molecular complexity index is 2550. The number of rotatable bonds is 18. The minimum absolute atomic E-state index is 0.0774. The van der Waals surface area contributed by atoms with Gasteiger partial charge >= 0.3 is 46.8 Å². The van der Waals surface area contributed by atoms with Crippen LogP contribution < -0.4 is 49.7 Å². The van der Waals surface area contributed by atoms with E-state index in [2.05, 4.69) is 34.5 Å². The van der Waals surface area contributed by atoms with Gasteiger partial charge in [0, 0.05) is 32.1 Å². The summed E-state index contributed by atoms with van der Waals surface area (Å²) in [6, 6.07) is -2.47. The predicted octanol–water partition coefficient (Wildman–Crippen LogP) is 4.18. The van der Waals surface area contributed by atoms with Gasteiger partial charge in [-0.05, 0) is 38.0 Å². The van der Waals surface area contributed by atoms with Crippen LogP contribution in [0.2, 0.25) is 0 Å². The van der Waals surface area contributed by atoms with E-state index in [-0.39, 0.29) is 21.6 Å². The van der Waals surface area contributed by atoms with E-state index in [0.717, 1.165) is 95.1 Å². The first kappa shape index (κ1) is 56.5. The standard InChI is InChI=1S/C15H22FN3O4.C15H22FN3O3.C13H18FN3O5/c1-4-5-6-7-8-17-14(22)18-9-11(16)13(21)19(15(18)23)12(20)10(2)3;1-2-3-4-5-8-17-14(21)19-10-12(16)13(20)18(15(19)22)9-11-6-7-11;1-3-4-5-6-7-15-11(19)16-8-9(14)10(18)17(12(16)20)13(21)22-2/h9-10H,4-8H2,1-3H3,(H,17,22);10-11H,2-9H2,1H3,(H,17,21);8H,3-7H2,1-2H3,(H,15,19). The first-order valence-corrected chi connectivity index (χ1v) is 22.4. The summed E-state index contributed by atoms with van der Waals surface area (Å²) in [7, 11) is 0.928. The summed E-state index contributed by atoms with van der Waals surface area (Å²) in [6.07, 6.45) is 13.4. The van der Waals surface area contributed by atoms with Gasteiger partial charge in [0.15, 0.2) is 0 Å². The highest BCUT2D eigenvalue weighted by Gasteiger charge is 2.26. The number of methoxy groups -OCH3 is 1. The van der Waals surface area contributed by atoms with Crippen LogP contribution in [0.5, 0.6) is 0 Å². The Kier molecular flexibility index (Phi) is 24.0. The highest BCUT2D eigenvalue weighted by atomic mass is 19.1. The third-order valence-corrected chi connectivity index (χ3v) is 10.0. The maximum Gasteiger partial charge on any atom is 0.425 e. The fourth-order valence-corrected chi connectivity index (χ4v) is 5.98. The molecule has 3 N–H and O–H groups in total. The second-order valence-corrected chi connectivity index (χ2v) is 15.9. The Hall–Kier alpha value is -6.62. The number of nitrogens with one attached hydrogen (secondary N) is 3. The first-order valence-electron chi connectivity index (χ1n) is 22.4. The van der Waals surface area contributed by atoms with Gasteiger partial charge in [0.25, 0.3) is 11.1 Å². The molecule has 0 bridgehead atoms. The Morgan fingerprint density at radius 2 is 0.925 bits per heavy atom. The van der Waals surface area contributed by atoms with Crippen molar-refractivity contribution >= 4 is 30.1 Å². The lowest BCUT2D eigenvalue weighted by Gasteiger charge is -2.11.